The molecule has 3 N–H and O–H groups in total. The number of rotatable bonds is 6. The zero-order chi connectivity index (χ0) is 15.5. The summed E-state index contributed by atoms with van der Waals surface area (Å²) in [5.74, 6) is 0.528. The lowest BCUT2D eigenvalue weighted by Crippen LogP contribution is -2.37. The van der Waals surface area contributed by atoms with Gasteiger partial charge in [0.1, 0.15) is 0 Å². The van der Waals surface area contributed by atoms with Crippen LogP contribution in [-0.2, 0) is 10.0 Å². The molecule has 21 heavy (non-hydrogen) atoms. The van der Waals surface area contributed by atoms with E-state index in [-0.39, 0.29) is 0 Å². The van der Waals surface area contributed by atoms with Gasteiger partial charge in [-0.1, -0.05) is 13.3 Å². The van der Waals surface area contributed by atoms with Gasteiger partial charge in [-0.3, -0.25) is 0 Å². The second-order valence-electron chi connectivity index (χ2n) is 5.60. The van der Waals surface area contributed by atoms with Crippen LogP contribution in [0.2, 0.25) is 0 Å². The van der Waals surface area contributed by atoms with Crippen molar-refractivity contribution in [3.63, 3.8) is 0 Å². The largest absolute Gasteiger partial charge is 0.371 e. The molecule has 1 saturated carbocycles. The maximum absolute atomic E-state index is 11.9. The Morgan fingerprint density at radius 3 is 2.52 bits per heavy atom. The highest BCUT2D eigenvalue weighted by molar-refractivity contribution is 7.89. The van der Waals surface area contributed by atoms with Gasteiger partial charge in [0.15, 0.2) is 0 Å². The van der Waals surface area contributed by atoms with Crippen LogP contribution in [0, 0.1) is 5.92 Å². The van der Waals surface area contributed by atoms with E-state index in [1.54, 1.807) is 19.1 Å². The van der Waals surface area contributed by atoms with Gasteiger partial charge in [-0.05, 0) is 49.6 Å². The molecule has 1 aliphatic carbocycles. The first kappa shape index (κ1) is 16.3. The zero-order valence-corrected chi connectivity index (χ0v) is 13.6. The molecule has 1 aromatic carbocycles. The van der Waals surface area contributed by atoms with Crippen molar-refractivity contribution in [3.8, 4) is 0 Å². The van der Waals surface area contributed by atoms with Crippen molar-refractivity contribution in [2.75, 3.05) is 25.0 Å². The smallest absolute Gasteiger partial charge is 0.240 e. The molecule has 5 nitrogen and oxygen atoms in total. The van der Waals surface area contributed by atoms with Gasteiger partial charge in [0.25, 0.3) is 0 Å². The van der Waals surface area contributed by atoms with Crippen LogP contribution < -0.4 is 15.4 Å². The third-order valence-electron chi connectivity index (χ3n) is 4.31. The molecule has 0 aliphatic heterocycles. The Morgan fingerprint density at radius 2 is 1.95 bits per heavy atom. The summed E-state index contributed by atoms with van der Waals surface area (Å²) >= 11 is 0. The SMILES string of the molecule is CCNS(=O)(=O)c1ccc(N(C)C2CCCC2CN)cc1. The first-order chi connectivity index (χ1) is 9.99. The maximum atomic E-state index is 11.9. The lowest BCUT2D eigenvalue weighted by molar-refractivity contribution is 0.474. The molecule has 0 aromatic heterocycles. The quantitative estimate of drug-likeness (QED) is 0.836. The van der Waals surface area contributed by atoms with E-state index in [4.69, 9.17) is 5.73 Å². The fourth-order valence-electron chi connectivity index (χ4n) is 3.13. The van der Waals surface area contributed by atoms with Gasteiger partial charge in [0.05, 0.1) is 4.90 Å². The van der Waals surface area contributed by atoms with Crippen LogP contribution in [0.4, 0.5) is 5.69 Å². The summed E-state index contributed by atoms with van der Waals surface area (Å²) in [7, 11) is -1.31. The standard InChI is InChI=1S/C15H25N3O2S/c1-3-17-21(19,20)14-9-7-13(8-10-14)18(2)15-6-4-5-12(15)11-16/h7-10,12,15,17H,3-6,11,16H2,1-2H3. The van der Waals surface area contributed by atoms with E-state index in [0.717, 1.165) is 12.1 Å². The minimum atomic E-state index is -3.38. The molecule has 0 amide bonds. The Labute approximate surface area is 127 Å². The fourth-order valence-corrected chi connectivity index (χ4v) is 4.17. The number of hydrogen-bond acceptors (Lipinski definition) is 4. The van der Waals surface area contributed by atoms with E-state index in [9.17, 15) is 8.42 Å². The van der Waals surface area contributed by atoms with Gasteiger partial charge >= 0.3 is 0 Å². The molecule has 2 atom stereocenters. The monoisotopic (exact) mass is 311 g/mol. The second-order valence-corrected chi connectivity index (χ2v) is 7.37. The number of anilines is 1. The van der Waals surface area contributed by atoms with Crippen LogP contribution in [0.5, 0.6) is 0 Å². The number of nitrogens with zero attached hydrogens (tertiary/aromatic N) is 1. The van der Waals surface area contributed by atoms with Gasteiger partial charge in [-0.25, -0.2) is 13.1 Å². The summed E-state index contributed by atoms with van der Waals surface area (Å²) in [6.07, 6.45) is 3.54. The molecule has 1 fully saturated rings. The number of hydrogen-bond donors (Lipinski definition) is 2. The minimum absolute atomic E-state index is 0.309. The van der Waals surface area contributed by atoms with Crippen LogP contribution in [0.3, 0.4) is 0 Å². The van der Waals surface area contributed by atoms with Crippen molar-refractivity contribution in [2.45, 2.75) is 37.1 Å². The number of sulfonamides is 1. The second kappa shape index (κ2) is 6.77. The van der Waals surface area contributed by atoms with Crippen molar-refractivity contribution in [2.24, 2.45) is 11.7 Å². The summed E-state index contributed by atoms with van der Waals surface area (Å²) < 4.78 is 26.4. The molecular formula is C15H25N3O2S. The Bertz CT molecular complexity index is 557. The van der Waals surface area contributed by atoms with E-state index in [0.29, 0.717) is 29.9 Å². The number of nitrogens with one attached hydrogen (secondary N) is 1. The molecule has 0 spiro atoms. The molecule has 2 unspecified atom stereocenters. The average Bonchev–Trinajstić information content (AvgIpc) is 2.95. The molecule has 0 bridgehead atoms. The molecule has 6 heteroatoms. The molecule has 2 rings (SSSR count). The Balaban J connectivity index is 2.15. The van der Waals surface area contributed by atoms with Crippen LogP contribution in [0.15, 0.2) is 29.2 Å². The molecule has 0 radical (unpaired) electrons. The Kier molecular flexibility index (Phi) is 5.24. The summed E-state index contributed by atoms with van der Waals surface area (Å²) in [6.45, 7) is 2.87. The highest BCUT2D eigenvalue weighted by Gasteiger charge is 2.29. The van der Waals surface area contributed by atoms with Crippen molar-refractivity contribution >= 4 is 15.7 Å². The highest BCUT2D eigenvalue weighted by atomic mass is 32.2. The molecule has 118 valence electrons. The lowest BCUT2D eigenvalue weighted by atomic mass is 10.0. The van der Waals surface area contributed by atoms with E-state index >= 15 is 0 Å². The molecule has 1 aliphatic rings. The van der Waals surface area contributed by atoms with Crippen molar-refractivity contribution in [1.29, 1.82) is 0 Å². The van der Waals surface area contributed by atoms with Crippen LogP contribution >= 0.6 is 0 Å². The molecular weight excluding hydrogens is 286 g/mol. The highest BCUT2D eigenvalue weighted by Crippen LogP contribution is 2.31. The van der Waals surface area contributed by atoms with Crippen molar-refractivity contribution in [3.05, 3.63) is 24.3 Å². The molecule has 1 aromatic rings. The number of benzene rings is 1. The topological polar surface area (TPSA) is 75.4 Å². The predicted octanol–water partition coefficient (Wildman–Crippen LogP) is 1.55. The normalized spacial score (nSPS) is 22.4. The summed E-state index contributed by atoms with van der Waals surface area (Å²) in [5, 5.41) is 0. The summed E-state index contributed by atoms with van der Waals surface area (Å²) in [4.78, 5) is 2.54. The van der Waals surface area contributed by atoms with E-state index in [1.165, 1.54) is 12.8 Å². The van der Waals surface area contributed by atoms with Crippen LogP contribution in [0.25, 0.3) is 0 Å². The van der Waals surface area contributed by atoms with Gasteiger partial charge in [-0.15, -0.1) is 0 Å². The van der Waals surface area contributed by atoms with Gasteiger partial charge < -0.3 is 10.6 Å². The summed E-state index contributed by atoms with van der Waals surface area (Å²) in [5.41, 5.74) is 6.88. The fraction of sp³-hybridized carbons (Fsp3) is 0.600. The van der Waals surface area contributed by atoms with Gasteiger partial charge in [-0.2, -0.15) is 0 Å². The van der Waals surface area contributed by atoms with Crippen LogP contribution in [0.1, 0.15) is 26.2 Å². The van der Waals surface area contributed by atoms with E-state index < -0.39 is 10.0 Å². The van der Waals surface area contributed by atoms with Crippen molar-refractivity contribution < 1.29 is 8.42 Å². The third kappa shape index (κ3) is 3.56. The van der Waals surface area contributed by atoms with Crippen LogP contribution in [-0.4, -0.2) is 34.6 Å². The van der Waals surface area contributed by atoms with Gasteiger partial charge in [0, 0.05) is 25.3 Å². The van der Waals surface area contributed by atoms with E-state index in [1.807, 2.05) is 12.1 Å². The van der Waals surface area contributed by atoms with Gasteiger partial charge in [0.2, 0.25) is 10.0 Å². The Morgan fingerprint density at radius 1 is 1.29 bits per heavy atom. The lowest BCUT2D eigenvalue weighted by Gasteiger charge is -2.31. The first-order valence-corrected chi connectivity index (χ1v) is 9.00. The predicted molar refractivity (Wildman–Crippen MR) is 85.9 cm³/mol. The Hall–Kier alpha value is -1.11. The zero-order valence-electron chi connectivity index (χ0n) is 12.7. The maximum Gasteiger partial charge on any atom is 0.240 e. The van der Waals surface area contributed by atoms with Crippen molar-refractivity contribution in [1.82, 2.24) is 4.72 Å². The summed E-state index contributed by atoms with van der Waals surface area (Å²) in [6, 6.07) is 7.52. The molecule has 0 saturated heterocycles. The number of nitrogens with two attached hydrogens (primary N) is 1. The first-order valence-electron chi connectivity index (χ1n) is 7.52. The van der Waals surface area contributed by atoms with E-state index in [2.05, 4.69) is 16.7 Å². The third-order valence-corrected chi connectivity index (χ3v) is 5.87. The average molecular weight is 311 g/mol. The minimum Gasteiger partial charge on any atom is -0.371 e. The molecule has 0 heterocycles.